The fourth-order valence-corrected chi connectivity index (χ4v) is 3.86. The van der Waals surface area contributed by atoms with Crippen molar-refractivity contribution < 1.29 is 24.7 Å². The summed E-state index contributed by atoms with van der Waals surface area (Å²) < 4.78 is 11.9. The summed E-state index contributed by atoms with van der Waals surface area (Å²) in [6, 6.07) is 0. The third kappa shape index (κ3) is 8.80. The van der Waals surface area contributed by atoms with Gasteiger partial charge in [-0.3, -0.25) is 0 Å². The first-order chi connectivity index (χ1) is 9.40. The van der Waals surface area contributed by atoms with Gasteiger partial charge in [-0.15, -0.1) is 0 Å². The number of thioether (sulfide) groups is 1. The molecule has 0 bridgehead atoms. The van der Waals surface area contributed by atoms with Crippen molar-refractivity contribution in [2.24, 2.45) is 5.92 Å². The fraction of sp³-hybridized carbons (Fsp3) is 0.769. The Hall–Kier alpha value is -0.290. The Kier molecular flexibility index (Phi) is 11.2. The molecule has 0 aliphatic heterocycles. The van der Waals surface area contributed by atoms with Gasteiger partial charge < -0.3 is 19.9 Å². The van der Waals surface area contributed by atoms with Gasteiger partial charge in [-0.25, -0.2) is 4.79 Å². The summed E-state index contributed by atoms with van der Waals surface area (Å²) in [4.78, 5) is 11.1. The maximum atomic E-state index is 11.9. The molecule has 0 saturated heterocycles. The summed E-state index contributed by atoms with van der Waals surface area (Å²) in [7, 11) is -2.34. The van der Waals surface area contributed by atoms with Gasteiger partial charge in [-0.05, 0) is 24.5 Å². The van der Waals surface area contributed by atoms with Crippen LogP contribution in [0.1, 0.15) is 26.7 Å². The van der Waals surface area contributed by atoms with Crippen molar-refractivity contribution >= 4 is 25.5 Å². The van der Waals surface area contributed by atoms with Crippen LogP contribution in [0.4, 0.5) is 0 Å². The van der Waals surface area contributed by atoms with Crippen LogP contribution < -0.4 is 0 Å². The zero-order chi connectivity index (χ0) is 15.5. The average molecular weight is 324 g/mol. The molecule has 20 heavy (non-hydrogen) atoms. The number of carboxylic acid groups (broad SMARTS) is 1. The zero-order valence-electron chi connectivity index (χ0n) is 12.0. The molecule has 118 valence electrons. The molecule has 0 aromatic rings. The van der Waals surface area contributed by atoms with E-state index in [2.05, 4.69) is 0 Å². The highest BCUT2D eigenvalue weighted by Gasteiger charge is 2.20. The second-order valence-corrected chi connectivity index (χ2v) is 7.95. The molecule has 3 N–H and O–H groups in total. The second kappa shape index (κ2) is 11.4. The number of hydrogen-bond donors (Lipinski definition) is 3. The minimum absolute atomic E-state index is 0.0525. The van der Waals surface area contributed by atoms with E-state index in [-0.39, 0.29) is 24.3 Å². The monoisotopic (exact) mass is 324 g/mol. The Morgan fingerprint density at radius 3 is 2.50 bits per heavy atom. The van der Waals surface area contributed by atoms with E-state index >= 15 is 0 Å². The Morgan fingerprint density at radius 2 is 2.00 bits per heavy atom. The molecule has 0 aliphatic carbocycles. The van der Waals surface area contributed by atoms with E-state index in [1.54, 1.807) is 31.7 Å². The van der Waals surface area contributed by atoms with Crippen molar-refractivity contribution in [3.8, 4) is 0 Å². The van der Waals surface area contributed by atoms with Gasteiger partial charge in [0.05, 0.1) is 6.61 Å². The van der Waals surface area contributed by atoms with Gasteiger partial charge in [0.2, 0.25) is 0 Å². The molecule has 0 spiro atoms. The smallest absolute Gasteiger partial charge is 0.331 e. The molecule has 0 fully saturated rings. The summed E-state index contributed by atoms with van der Waals surface area (Å²) in [5.74, 6) is -0.589. The quantitative estimate of drug-likeness (QED) is 0.306. The molecule has 2 unspecified atom stereocenters. The Labute approximate surface area is 125 Å². The summed E-state index contributed by atoms with van der Waals surface area (Å²) in [6.45, 7) is 3.67. The average Bonchev–Trinajstić information content (AvgIpc) is 2.39. The summed E-state index contributed by atoms with van der Waals surface area (Å²) >= 11 is 1.61. The van der Waals surface area contributed by atoms with Crippen molar-refractivity contribution in [2.75, 3.05) is 24.3 Å². The van der Waals surface area contributed by atoms with Crippen molar-refractivity contribution in [1.82, 2.24) is 0 Å². The van der Waals surface area contributed by atoms with E-state index in [0.717, 1.165) is 12.2 Å². The number of hydrogen-bond acceptors (Lipinski definition) is 5. The first kappa shape index (κ1) is 19.7. The molecule has 0 aromatic carbocycles. The lowest BCUT2D eigenvalue weighted by atomic mass is 10.2. The van der Waals surface area contributed by atoms with Crippen LogP contribution in [0.25, 0.3) is 0 Å². The number of aliphatic hydroxyl groups is 2. The van der Waals surface area contributed by atoms with Crippen LogP contribution in [0, 0.1) is 5.92 Å². The molecule has 0 radical (unpaired) electrons. The number of allylic oxidation sites excluding steroid dienone is 1. The maximum absolute atomic E-state index is 11.9. The molecular weight excluding hydrogens is 299 g/mol. The van der Waals surface area contributed by atoms with E-state index in [1.165, 1.54) is 0 Å². The molecule has 0 rings (SSSR count). The summed E-state index contributed by atoms with van der Waals surface area (Å²) in [5.41, 5.74) is 0.126. The van der Waals surface area contributed by atoms with E-state index in [4.69, 9.17) is 10.2 Å². The predicted octanol–water partition coefficient (Wildman–Crippen LogP) is 2.04. The lowest BCUT2D eigenvalue weighted by Crippen LogP contribution is -2.13. The van der Waals surface area contributed by atoms with Crippen molar-refractivity contribution in [1.29, 1.82) is 0 Å². The largest absolute Gasteiger partial charge is 0.478 e. The lowest BCUT2D eigenvalue weighted by Gasteiger charge is -2.14. The zero-order valence-corrected chi connectivity index (χ0v) is 13.9. The Bertz CT molecular complexity index is 344. The van der Waals surface area contributed by atoms with Gasteiger partial charge >= 0.3 is 5.97 Å². The van der Waals surface area contributed by atoms with Gasteiger partial charge in [-0.1, -0.05) is 19.9 Å². The minimum atomic E-state index is -2.34. The molecule has 0 saturated carbocycles. The standard InChI is InChI=1S/C13H25O5PS/c1-10(2)13(17)19(18)9-11(12(15)16)5-3-4-7-20-8-6-14/h5,10,13-14,17,19H,3-4,6-9H2,1-2H3,(H,15,16)/b11-5+. The second-order valence-electron chi connectivity index (χ2n) is 4.84. The first-order valence-corrected chi connectivity index (χ1v) is 9.56. The van der Waals surface area contributed by atoms with Gasteiger partial charge in [-0.2, -0.15) is 11.8 Å². The molecule has 0 aromatic heterocycles. The van der Waals surface area contributed by atoms with Crippen molar-refractivity contribution in [2.45, 2.75) is 32.5 Å². The first-order valence-electron chi connectivity index (χ1n) is 6.71. The highest BCUT2D eigenvalue weighted by molar-refractivity contribution is 7.99. The number of unbranched alkanes of at least 4 members (excludes halogenated alkanes) is 1. The van der Waals surface area contributed by atoms with E-state index in [1.807, 2.05) is 0 Å². The Morgan fingerprint density at radius 1 is 1.35 bits per heavy atom. The third-order valence-corrected chi connectivity index (χ3v) is 5.82. The number of rotatable bonds is 11. The molecule has 7 heteroatoms. The topological polar surface area (TPSA) is 94.8 Å². The fourth-order valence-electron chi connectivity index (χ4n) is 1.53. The molecule has 0 amide bonds. The highest BCUT2D eigenvalue weighted by atomic mass is 32.2. The van der Waals surface area contributed by atoms with Crippen LogP contribution in [0.5, 0.6) is 0 Å². The third-order valence-electron chi connectivity index (χ3n) is 2.72. The number of carboxylic acids is 1. The van der Waals surface area contributed by atoms with E-state index in [9.17, 15) is 14.5 Å². The molecule has 0 aliphatic rings. The minimum Gasteiger partial charge on any atom is -0.478 e. The lowest BCUT2D eigenvalue weighted by molar-refractivity contribution is -0.132. The van der Waals surface area contributed by atoms with Crippen molar-refractivity contribution in [3.63, 3.8) is 0 Å². The highest BCUT2D eigenvalue weighted by Crippen LogP contribution is 2.33. The SMILES string of the molecule is CC(C)C(O)[PH](=O)C/C(=C\CCCSCCO)C(=O)O. The molecular formula is C13H25O5PS. The maximum Gasteiger partial charge on any atom is 0.331 e. The van der Waals surface area contributed by atoms with Crippen LogP contribution in [0.2, 0.25) is 0 Å². The predicted molar refractivity (Wildman–Crippen MR) is 84.1 cm³/mol. The molecule has 2 atom stereocenters. The Balaban J connectivity index is 4.29. The number of aliphatic hydroxyl groups excluding tert-OH is 2. The number of carbonyl (C=O) groups is 1. The molecule has 5 nitrogen and oxygen atoms in total. The van der Waals surface area contributed by atoms with Gasteiger partial charge in [0.15, 0.2) is 0 Å². The van der Waals surface area contributed by atoms with Crippen molar-refractivity contribution in [3.05, 3.63) is 11.6 Å². The number of aliphatic carboxylic acids is 1. The summed E-state index contributed by atoms with van der Waals surface area (Å²) in [6.07, 6.45) is 2.96. The van der Waals surface area contributed by atoms with Crippen LogP contribution >= 0.6 is 19.6 Å². The van der Waals surface area contributed by atoms with Gasteiger partial charge in [0.25, 0.3) is 0 Å². The van der Waals surface area contributed by atoms with E-state index in [0.29, 0.717) is 12.2 Å². The normalized spacial score (nSPS) is 15.3. The summed E-state index contributed by atoms with van der Waals surface area (Å²) in [5, 5.41) is 27.4. The van der Waals surface area contributed by atoms with Crippen LogP contribution in [-0.4, -0.2) is 51.4 Å². The van der Waals surface area contributed by atoms with Crippen LogP contribution in [0.3, 0.4) is 0 Å². The van der Waals surface area contributed by atoms with Crippen LogP contribution in [0.15, 0.2) is 11.6 Å². The van der Waals surface area contributed by atoms with Crippen LogP contribution in [-0.2, 0) is 9.36 Å². The van der Waals surface area contributed by atoms with E-state index < -0.39 is 19.6 Å². The van der Waals surface area contributed by atoms with Gasteiger partial charge in [0, 0.05) is 17.5 Å². The molecule has 0 heterocycles. The van der Waals surface area contributed by atoms with Gasteiger partial charge in [0.1, 0.15) is 13.6 Å².